The van der Waals surface area contributed by atoms with Gasteiger partial charge in [0.1, 0.15) is 11.9 Å². The number of carbonyl (C=O) groups is 1. The van der Waals surface area contributed by atoms with Gasteiger partial charge in [0.2, 0.25) is 15.9 Å². The average Bonchev–Trinajstić information content (AvgIpc) is 3.47. The predicted octanol–water partition coefficient (Wildman–Crippen LogP) is 1.32. The second-order valence-corrected chi connectivity index (χ2v) is 9.29. The lowest BCUT2D eigenvalue weighted by atomic mass is 9.97. The van der Waals surface area contributed by atoms with Crippen LogP contribution in [0, 0.1) is 11.7 Å². The van der Waals surface area contributed by atoms with E-state index in [0.717, 1.165) is 25.0 Å². The third-order valence-electron chi connectivity index (χ3n) is 5.20. The summed E-state index contributed by atoms with van der Waals surface area (Å²) in [4.78, 5) is 12.0. The summed E-state index contributed by atoms with van der Waals surface area (Å²) in [5.41, 5.74) is 0. The highest BCUT2D eigenvalue weighted by Crippen LogP contribution is 2.32. The van der Waals surface area contributed by atoms with E-state index in [2.05, 4.69) is 10.0 Å². The molecule has 1 amide bonds. The maximum absolute atomic E-state index is 12.9. The molecule has 1 aliphatic heterocycles. The molecule has 1 aliphatic carbocycles. The molecule has 0 bridgehead atoms. The van der Waals surface area contributed by atoms with Crippen LogP contribution < -0.4 is 10.0 Å². The molecule has 0 aromatic heterocycles. The van der Waals surface area contributed by atoms with Crippen LogP contribution in [0.2, 0.25) is 0 Å². The van der Waals surface area contributed by atoms with E-state index in [9.17, 15) is 22.7 Å². The summed E-state index contributed by atoms with van der Waals surface area (Å²) in [7, 11) is -3.71. The Bertz CT molecular complexity index is 767. The molecule has 2 fully saturated rings. The Balaban J connectivity index is 1.44. The number of nitrogens with one attached hydrogen (secondary N) is 2. The van der Waals surface area contributed by atoms with Gasteiger partial charge < -0.3 is 15.2 Å². The molecule has 1 heterocycles. The molecular formula is C19H27FN2O5S. The monoisotopic (exact) mass is 414 g/mol. The van der Waals surface area contributed by atoms with Crippen molar-refractivity contribution in [3.8, 4) is 0 Å². The number of sulfonamides is 1. The summed E-state index contributed by atoms with van der Waals surface area (Å²) in [6.45, 7) is -0.0343. The van der Waals surface area contributed by atoms with Crippen molar-refractivity contribution >= 4 is 15.9 Å². The molecule has 1 aromatic carbocycles. The number of carbonyl (C=O) groups excluding carboxylic acids is 1. The van der Waals surface area contributed by atoms with Crippen molar-refractivity contribution < 1.29 is 27.4 Å². The zero-order chi connectivity index (χ0) is 20.1. The summed E-state index contributed by atoms with van der Waals surface area (Å²) in [5.74, 6) is 0.00222. The van der Waals surface area contributed by atoms with Crippen LogP contribution >= 0.6 is 0 Å². The molecule has 7 nitrogen and oxygen atoms in total. The lowest BCUT2D eigenvalue weighted by Crippen LogP contribution is -2.51. The highest BCUT2D eigenvalue weighted by Gasteiger charge is 2.33. The molecule has 3 atom stereocenters. The molecule has 2 aliphatic rings. The molecule has 3 N–H and O–H groups in total. The molecule has 1 saturated heterocycles. The highest BCUT2D eigenvalue weighted by atomic mass is 32.2. The first-order valence-corrected chi connectivity index (χ1v) is 11.2. The number of halogens is 1. The minimum atomic E-state index is -3.71. The van der Waals surface area contributed by atoms with Gasteiger partial charge >= 0.3 is 0 Å². The zero-order valence-electron chi connectivity index (χ0n) is 15.6. The Morgan fingerprint density at radius 1 is 1.18 bits per heavy atom. The van der Waals surface area contributed by atoms with E-state index in [0.29, 0.717) is 31.6 Å². The Kier molecular flexibility index (Phi) is 7.03. The van der Waals surface area contributed by atoms with Crippen LogP contribution in [0.1, 0.15) is 38.5 Å². The van der Waals surface area contributed by atoms with Crippen LogP contribution in [0.25, 0.3) is 0 Å². The van der Waals surface area contributed by atoms with Gasteiger partial charge in [-0.1, -0.05) is 0 Å². The molecule has 1 saturated carbocycles. The molecule has 156 valence electrons. The third kappa shape index (κ3) is 5.97. The molecule has 9 heteroatoms. The maximum atomic E-state index is 12.9. The Labute approximate surface area is 164 Å². The van der Waals surface area contributed by atoms with Crippen molar-refractivity contribution in [2.75, 3.05) is 13.2 Å². The summed E-state index contributed by atoms with van der Waals surface area (Å²) in [6.07, 6.45) is 3.84. The SMILES string of the molecule is O=C(CC1CC1)N[C@@H]1CC[C@@H](CCNS(=O)(=O)c2ccc(F)cc2)O[C@H]1CO. The lowest BCUT2D eigenvalue weighted by Gasteiger charge is -2.36. The summed E-state index contributed by atoms with van der Waals surface area (Å²) >= 11 is 0. The van der Waals surface area contributed by atoms with Gasteiger partial charge in [0.15, 0.2) is 0 Å². The molecule has 0 radical (unpaired) electrons. The largest absolute Gasteiger partial charge is 0.394 e. The first kappa shape index (κ1) is 21.2. The van der Waals surface area contributed by atoms with Gasteiger partial charge in [0.05, 0.1) is 23.6 Å². The topological polar surface area (TPSA) is 105 Å². The number of amides is 1. The molecule has 0 unspecified atom stereocenters. The van der Waals surface area contributed by atoms with E-state index in [-0.39, 0.29) is 36.1 Å². The zero-order valence-corrected chi connectivity index (χ0v) is 16.5. The van der Waals surface area contributed by atoms with E-state index in [1.807, 2.05) is 0 Å². The van der Waals surface area contributed by atoms with Crippen molar-refractivity contribution in [3.63, 3.8) is 0 Å². The second kappa shape index (κ2) is 9.30. The summed E-state index contributed by atoms with van der Waals surface area (Å²) < 4.78 is 45.7. The number of rotatable bonds is 9. The van der Waals surface area contributed by atoms with Crippen molar-refractivity contribution in [1.29, 1.82) is 0 Å². The van der Waals surface area contributed by atoms with Gasteiger partial charge in [-0.2, -0.15) is 0 Å². The van der Waals surface area contributed by atoms with Gasteiger partial charge in [0.25, 0.3) is 0 Å². The smallest absolute Gasteiger partial charge is 0.240 e. The Hall–Kier alpha value is -1.55. The Morgan fingerprint density at radius 3 is 2.54 bits per heavy atom. The predicted molar refractivity (Wildman–Crippen MR) is 100 cm³/mol. The lowest BCUT2D eigenvalue weighted by molar-refractivity contribution is -0.128. The van der Waals surface area contributed by atoms with Crippen LogP contribution in [0.3, 0.4) is 0 Å². The molecule has 28 heavy (non-hydrogen) atoms. The van der Waals surface area contributed by atoms with Crippen LogP contribution in [-0.4, -0.2) is 50.8 Å². The van der Waals surface area contributed by atoms with E-state index in [1.54, 1.807) is 0 Å². The van der Waals surface area contributed by atoms with Crippen LogP contribution in [0.4, 0.5) is 4.39 Å². The van der Waals surface area contributed by atoms with E-state index >= 15 is 0 Å². The molecule has 3 rings (SSSR count). The van der Waals surface area contributed by atoms with Crippen molar-refractivity contribution in [2.24, 2.45) is 5.92 Å². The molecule has 0 spiro atoms. The number of aliphatic hydroxyl groups is 1. The van der Waals surface area contributed by atoms with Crippen LogP contribution in [-0.2, 0) is 19.6 Å². The second-order valence-electron chi connectivity index (χ2n) is 7.52. The van der Waals surface area contributed by atoms with E-state index in [4.69, 9.17) is 4.74 Å². The molecule has 1 aromatic rings. The van der Waals surface area contributed by atoms with Gasteiger partial charge in [-0.3, -0.25) is 4.79 Å². The number of ether oxygens (including phenoxy) is 1. The standard InChI is InChI=1S/C19H27FN2O5S/c20-14-3-6-16(7-4-14)28(25,26)21-10-9-15-5-8-17(18(12-23)27-15)22-19(24)11-13-1-2-13/h3-4,6-7,13,15,17-18,21,23H,1-2,5,8-12H2,(H,22,24)/t15-,17+,18-/m0/s1. The fourth-order valence-corrected chi connectivity index (χ4v) is 4.46. The summed E-state index contributed by atoms with van der Waals surface area (Å²) in [6, 6.07) is 4.41. The number of benzene rings is 1. The van der Waals surface area contributed by atoms with E-state index < -0.39 is 21.9 Å². The van der Waals surface area contributed by atoms with Gasteiger partial charge in [-0.25, -0.2) is 17.5 Å². The van der Waals surface area contributed by atoms with Gasteiger partial charge in [0, 0.05) is 13.0 Å². The minimum absolute atomic E-state index is 0.0000536. The highest BCUT2D eigenvalue weighted by molar-refractivity contribution is 7.89. The fraction of sp³-hybridized carbons (Fsp3) is 0.632. The normalized spacial score (nSPS) is 25.4. The van der Waals surface area contributed by atoms with Gasteiger partial charge in [-0.05, 0) is 62.3 Å². The van der Waals surface area contributed by atoms with Crippen molar-refractivity contribution in [1.82, 2.24) is 10.0 Å². The minimum Gasteiger partial charge on any atom is -0.394 e. The van der Waals surface area contributed by atoms with Crippen molar-refractivity contribution in [2.45, 2.75) is 61.7 Å². The fourth-order valence-electron chi connectivity index (χ4n) is 3.41. The average molecular weight is 414 g/mol. The van der Waals surface area contributed by atoms with Crippen LogP contribution in [0.5, 0.6) is 0 Å². The number of aliphatic hydroxyl groups excluding tert-OH is 1. The Morgan fingerprint density at radius 2 is 1.89 bits per heavy atom. The van der Waals surface area contributed by atoms with Crippen LogP contribution in [0.15, 0.2) is 29.2 Å². The van der Waals surface area contributed by atoms with E-state index in [1.165, 1.54) is 12.1 Å². The number of hydrogen-bond donors (Lipinski definition) is 3. The first-order valence-electron chi connectivity index (χ1n) is 9.68. The quantitative estimate of drug-likeness (QED) is 0.565. The molecular weight excluding hydrogens is 387 g/mol. The first-order chi connectivity index (χ1) is 13.4. The van der Waals surface area contributed by atoms with Gasteiger partial charge in [-0.15, -0.1) is 0 Å². The maximum Gasteiger partial charge on any atom is 0.240 e. The third-order valence-corrected chi connectivity index (χ3v) is 6.67. The summed E-state index contributed by atoms with van der Waals surface area (Å²) in [5, 5.41) is 12.5. The number of hydrogen-bond acceptors (Lipinski definition) is 5. The van der Waals surface area contributed by atoms with Crippen molar-refractivity contribution in [3.05, 3.63) is 30.1 Å².